The van der Waals surface area contributed by atoms with Crippen LogP contribution in [0.4, 0.5) is 0 Å². The lowest BCUT2D eigenvalue weighted by molar-refractivity contribution is 0.0724. The predicted molar refractivity (Wildman–Crippen MR) is 128 cm³/mol. The molecule has 0 radical (unpaired) electrons. The molecule has 2 N–H and O–H groups in total. The average Bonchev–Trinajstić information content (AvgIpc) is 2.84. The Morgan fingerprint density at radius 2 is 1.34 bits per heavy atom. The Hall–Kier alpha value is -3.35. The molecule has 0 aromatic heterocycles. The van der Waals surface area contributed by atoms with Crippen molar-refractivity contribution in [3.05, 3.63) is 70.8 Å². The molecule has 0 unspecified atom stereocenters. The molecule has 2 aromatic carbocycles. The molecule has 2 amide bonds. The van der Waals surface area contributed by atoms with Crippen LogP contribution in [0.3, 0.4) is 0 Å². The van der Waals surface area contributed by atoms with Crippen molar-refractivity contribution in [1.82, 2.24) is 20.4 Å². The van der Waals surface area contributed by atoms with Gasteiger partial charge in [0, 0.05) is 58.4 Å². The Balaban J connectivity index is 1.48. The summed E-state index contributed by atoms with van der Waals surface area (Å²) in [6, 6.07) is 15.3. The van der Waals surface area contributed by atoms with Gasteiger partial charge in [0.2, 0.25) is 0 Å². The minimum Gasteiger partial charge on any atom is -0.352 e. The molecule has 170 valence electrons. The third-order valence-corrected chi connectivity index (χ3v) is 5.59. The van der Waals surface area contributed by atoms with Crippen molar-refractivity contribution in [2.45, 2.75) is 32.4 Å². The predicted octanol–water partition coefficient (Wildman–Crippen LogP) is 2.88. The normalized spacial score (nSPS) is 14.1. The molecule has 1 aliphatic heterocycles. The van der Waals surface area contributed by atoms with Crippen LogP contribution >= 0.6 is 0 Å². The molecule has 1 saturated heterocycles. The molecular formula is C25H33N5O2. The highest BCUT2D eigenvalue weighted by atomic mass is 16.2. The number of aliphatic imine (C=N–C) groups is 1. The summed E-state index contributed by atoms with van der Waals surface area (Å²) >= 11 is 0. The Morgan fingerprint density at radius 3 is 1.81 bits per heavy atom. The van der Waals surface area contributed by atoms with Crippen LogP contribution in [0.5, 0.6) is 0 Å². The Bertz CT molecular complexity index is 930. The summed E-state index contributed by atoms with van der Waals surface area (Å²) in [5.74, 6) is 0.803. The summed E-state index contributed by atoms with van der Waals surface area (Å²) in [4.78, 5) is 32.4. The zero-order valence-corrected chi connectivity index (χ0v) is 19.2. The lowest BCUT2D eigenvalue weighted by Crippen LogP contribution is -2.36. The molecule has 32 heavy (non-hydrogen) atoms. The number of nitrogens with zero attached hydrogens (tertiary/aromatic N) is 3. The minimum atomic E-state index is -0.00867. The van der Waals surface area contributed by atoms with Gasteiger partial charge >= 0.3 is 0 Å². The van der Waals surface area contributed by atoms with E-state index in [4.69, 9.17) is 0 Å². The summed E-state index contributed by atoms with van der Waals surface area (Å²) < 4.78 is 0. The third kappa shape index (κ3) is 6.33. The van der Waals surface area contributed by atoms with Crippen LogP contribution in [0.15, 0.2) is 53.5 Å². The molecule has 1 fully saturated rings. The number of hydrogen-bond acceptors (Lipinski definition) is 3. The topological polar surface area (TPSA) is 77.0 Å². The van der Waals surface area contributed by atoms with Crippen molar-refractivity contribution < 1.29 is 9.59 Å². The molecule has 1 aliphatic rings. The number of rotatable bonds is 6. The first-order valence-electron chi connectivity index (χ1n) is 11.1. The fourth-order valence-electron chi connectivity index (χ4n) is 3.66. The quantitative estimate of drug-likeness (QED) is 0.540. The number of guanidine groups is 1. The van der Waals surface area contributed by atoms with Gasteiger partial charge in [-0.15, -0.1) is 0 Å². The minimum absolute atomic E-state index is 0.00867. The lowest BCUT2D eigenvalue weighted by Gasteiger charge is -2.26. The van der Waals surface area contributed by atoms with Crippen LogP contribution < -0.4 is 10.6 Å². The van der Waals surface area contributed by atoms with Crippen LogP contribution in [0.2, 0.25) is 0 Å². The lowest BCUT2D eigenvalue weighted by atomic mass is 10.1. The highest BCUT2D eigenvalue weighted by Gasteiger charge is 2.17. The van der Waals surface area contributed by atoms with Crippen LogP contribution in [-0.2, 0) is 13.1 Å². The van der Waals surface area contributed by atoms with Crippen LogP contribution in [0, 0.1) is 0 Å². The van der Waals surface area contributed by atoms with Gasteiger partial charge in [-0.3, -0.25) is 14.6 Å². The summed E-state index contributed by atoms with van der Waals surface area (Å²) in [6.45, 7) is 2.92. The first-order chi connectivity index (χ1) is 15.5. The molecule has 0 bridgehead atoms. The van der Waals surface area contributed by atoms with Gasteiger partial charge in [-0.05, 0) is 54.7 Å². The first kappa shape index (κ1) is 23.3. The molecule has 2 aromatic rings. The van der Waals surface area contributed by atoms with E-state index in [1.807, 2.05) is 53.4 Å². The number of nitrogens with one attached hydrogen (secondary N) is 2. The van der Waals surface area contributed by atoms with Crippen molar-refractivity contribution in [3.63, 3.8) is 0 Å². The second-order valence-electron chi connectivity index (χ2n) is 8.23. The number of carbonyl (C=O) groups is 2. The number of amides is 2. The number of benzene rings is 2. The molecular weight excluding hydrogens is 402 g/mol. The van der Waals surface area contributed by atoms with Gasteiger partial charge in [0.05, 0.1) is 0 Å². The van der Waals surface area contributed by atoms with Crippen molar-refractivity contribution in [2.75, 3.05) is 34.2 Å². The van der Waals surface area contributed by atoms with E-state index < -0.39 is 0 Å². The Kier molecular flexibility index (Phi) is 8.25. The van der Waals surface area contributed by atoms with E-state index in [1.165, 1.54) is 6.42 Å². The van der Waals surface area contributed by atoms with Gasteiger partial charge in [-0.25, -0.2) is 0 Å². The maximum atomic E-state index is 12.6. The Morgan fingerprint density at radius 1 is 0.844 bits per heavy atom. The summed E-state index contributed by atoms with van der Waals surface area (Å²) in [5.41, 5.74) is 3.55. The maximum absolute atomic E-state index is 12.6. The molecule has 0 saturated carbocycles. The van der Waals surface area contributed by atoms with Gasteiger partial charge in [0.1, 0.15) is 0 Å². The molecule has 0 aliphatic carbocycles. The van der Waals surface area contributed by atoms with Crippen LogP contribution in [0.1, 0.15) is 51.1 Å². The van der Waals surface area contributed by atoms with Gasteiger partial charge in [0.25, 0.3) is 11.8 Å². The van der Waals surface area contributed by atoms with Gasteiger partial charge < -0.3 is 20.4 Å². The molecule has 0 spiro atoms. The van der Waals surface area contributed by atoms with Crippen molar-refractivity contribution in [1.29, 1.82) is 0 Å². The number of likely N-dealkylation sites (tertiary alicyclic amines) is 1. The highest BCUT2D eigenvalue weighted by molar-refractivity contribution is 5.94. The van der Waals surface area contributed by atoms with E-state index in [1.54, 1.807) is 26.0 Å². The number of hydrogen-bond donors (Lipinski definition) is 2. The summed E-state index contributed by atoms with van der Waals surface area (Å²) in [6.07, 6.45) is 3.40. The van der Waals surface area contributed by atoms with Crippen molar-refractivity contribution in [3.8, 4) is 0 Å². The smallest absolute Gasteiger partial charge is 0.253 e. The van der Waals surface area contributed by atoms with Gasteiger partial charge in [-0.2, -0.15) is 0 Å². The second kappa shape index (κ2) is 11.3. The van der Waals surface area contributed by atoms with Gasteiger partial charge in [-0.1, -0.05) is 24.3 Å². The standard InChI is InChI=1S/C25H33N5O2/c1-26-25(27-17-19-7-11-21(12-8-19)23(31)29(2)3)28-18-20-9-13-22(14-10-20)24(32)30-15-5-4-6-16-30/h7-14H,4-6,15-18H2,1-3H3,(H2,26,27,28). The van der Waals surface area contributed by atoms with E-state index in [-0.39, 0.29) is 11.8 Å². The maximum Gasteiger partial charge on any atom is 0.253 e. The largest absolute Gasteiger partial charge is 0.352 e. The zero-order valence-electron chi connectivity index (χ0n) is 19.2. The Labute approximate surface area is 190 Å². The van der Waals surface area contributed by atoms with Gasteiger partial charge in [0.15, 0.2) is 5.96 Å². The van der Waals surface area contributed by atoms with E-state index in [2.05, 4.69) is 15.6 Å². The first-order valence-corrected chi connectivity index (χ1v) is 11.1. The summed E-state index contributed by atoms with van der Waals surface area (Å²) in [5, 5.41) is 6.58. The zero-order chi connectivity index (χ0) is 22.9. The van der Waals surface area contributed by atoms with Crippen LogP contribution in [-0.4, -0.2) is 61.8 Å². The summed E-state index contributed by atoms with van der Waals surface area (Å²) in [7, 11) is 5.22. The second-order valence-corrected chi connectivity index (χ2v) is 8.23. The molecule has 7 heteroatoms. The molecule has 0 atom stereocenters. The van der Waals surface area contributed by atoms with E-state index in [0.29, 0.717) is 24.6 Å². The average molecular weight is 436 g/mol. The number of piperidine rings is 1. The molecule has 1 heterocycles. The highest BCUT2D eigenvalue weighted by Crippen LogP contribution is 2.14. The number of carbonyl (C=O) groups excluding carboxylic acids is 2. The fourth-order valence-corrected chi connectivity index (χ4v) is 3.66. The third-order valence-electron chi connectivity index (χ3n) is 5.59. The monoisotopic (exact) mass is 435 g/mol. The van der Waals surface area contributed by atoms with Crippen LogP contribution in [0.25, 0.3) is 0 Å². The van der Waals surface area contributed by atoms with E-state index in [0.717, 1.165) is 42.6 Å². The molecule has 7 nitrogen and oxygen atoms in total. The fraction of sp³-hybridized carbons (Fsp3) is 0.400. The van der Waals surface area contributed by atoms with E-state index >= 15 is 0 Å². The SMILES string of the molecule is CN=C(NCc1ccc(C(=O)N(C)C)cc1)NCc1ccc(C(=O)N2CCCCC2)cc1. The van der Waals surface area contributed by atoms with Crippen molar-refractivity contribution >= 4 is 17.8 Å². The van der Waals surface area contributed by atoms with Crippen molar-refractivity contribution in [2.24, 2.45) is 4.99 Å². The van der Waals surface area contributed by atoms with E-state index in [9.17, 15) is 9.59 Å². The molecule has 3 rings (SSSR count).